The molecule has 0 aromatic carbocycles. The maximum absolute atomic E-state index is 10.5. The molecule has 0 amide bonds. The monoisotopic (exact) mass is 1210 g/mol. The van der Waals surface area contributed by atoms with Crippen molar-refractivity contribution >= 4 is 46.9 Å². The second-order valence-corrected chi connectivity index (χ2v) is 13.3. The molecular formula is C64H93B3N8O13. The van der Waals surface area contributed by atoms with E-state index in [0.29, 0.717) is 23.0 Å². The Morgan fingerprint density at radius 1 is 0.307 bits per heavy atom. The van der Waals surface area contributed by atoms with E-state index in [1.807, 2.05) is 69.2 Å². The summed E-state index contributed by atoms with van der Waals surface area (Å²) in [5, 5.41) is 42.5. The maximum atomic E-state index is 10.5. The predicted octanol–water partition coefficient (Wildman–Crippen LogP) is 12.6. The van der Waals surface area contributed by atoms with Crippen LogP contribution in [0.15, 0.2) is 196 Å². The number of carbonyl (C=O) groups excluding carboxylic acids is 3. The number of aliphatic carboxylic acids is 1. The van der Waals surface area contributed by atoms with Crippen LogP contribution in [-0.4, -0.2) is 139 Å². The van der Waals surface area contributed by atoms with Crippen LogP contribution >= 0.6 is 0 Å². The summed E-state index contributed by atoms with van der Waals surface area (Å²) < 4.78 is 20.0. The Kier molecular flexibility index (Phi) is 87.6. The van der Waals surface area contributed by atoms with Crippen molar-refractivity contribution < 1.29 is 63.7 Å². The third kappa shape index (κ3) is 78.3. The lowest BCUT2D eigenvalue weighted by Crippen LogP contribution is -2.09. The van der Waals surface area contributed by atoms with Gasteiger partial charge in [0.15, 0.2) is 24.0 Å². The van der Waals surface area contributed by atoms with E-state index in [0.717, 1.165) is 0 Å². The highest BCUT2D eigenvalue weighted by atomic mass is 16.5. The van der Waals surface area contributed by atoms with Crippen LogP contribution in [0, 0.1) is 0 Å². The molecule has 88 heavy (non-hydrogen) atoms. The molecule has 0 spiro atoms. The van der Waals surface area contributed by atoms with E-state index in [9.17, 15) is 19.2 Å². The number of aromatic hydroxyl groups is 4. The van der Waals surface area contributed by atoms with E-state index < -0.39 is 5.97 Å². The molecule has 8 heterocycles. The third-order valence-electron chi connectivity index (χ3n) is 6.81. The maximum Gasteiger partial charge on any atom is 0.341 e. The minimum atomic E-state index is -0.992. The third-order valence-corrected chi connectivity index (χ3v) is 6.81. The number of nitrogens with zero attached hydrogens (tertiary/aromatic N) is 8. The van der Waals surface area contributed by atoms with E-state index in [-0.39, 0.29) is 66.8 Å². The predicted molar refractivity (Wildman–Crippen MR) is 354 cm³/mol. The van der Waals surface area contributed by atoms with Crippen LogP contribution in [-0.2, 0) is 19.2 Å². The van der Waals surface area contributed by atoms with E-state index in [1.165, 1.54) is 72.2 Å². The lowest BCUT2D eigenvalue weighted by molar-refractivity contribution is -0.139. The van der Waals surface area contributed by atoms with E-state index >= 15 is 0 Å². The number of pyridine rings is 8. The van der Waals surface area contributed by atoms with Gasteiger partial charge in [-0.15, -0.1) is 0 Å². The highest BCUT2D eigenvalue weighted by Crippen LogP contribution is 2.08. The average Bonchev–Trinajstić information content (AvgIpc) is 3.59. The molecule has 5 N–H and O–H groups in total. The molecule has 0 saturated carbocycles. The van der Waals surface area contributed by atoms with Crippen molar-refractivity contribution in [2.45, 2.75) is 110 Å². The summed E-state index contributed by atoms with van der Waals surface area (Å²) in [6.45, 7) is 29.0. The molecule has 0 fully saturated rings. The van der Waals surface area contributed by atoms with Gasteiger partial charge in [-0.25, -0.2) is 4.79 Å². The van der Waals surface area contributed by atoms with Crippen LogP contribution in [0.2, 0.25) is 20.5 Å². The van der Waals surface area contributed by atoms with Gasteiger partial charge in [0.1, 0.15) is 65.8 Å². The zero-order chi connectivity index (χ0) is 68.9. The number of carboxylic acids is 1. The SMILES string of the molecule is CC.CC.CC.CC.CC.CC(=O)COc1cccnc1.CC(=O)COc1cccnc1.CC(=O)COc1cccnc1.O=C(O)COc1cccnc1.Oc1cccnc1.Oc1cccnc1.Oc1cccnc1.Oc1cccnc1.[B]C.[B]C.[B]C. The number of hydrogen-bond donors (Lipinski definition) is 5. The number of aromatic nitrogens is 8. The molecule has 24 heteroatoms. The molecule has 0 unspecified atom stereocenters. The lowest BCUT2D eigenvalue weighted by Gasteiger charge is -2.00. The van der Waals surface area contributed by atoms with Crippen molar-refractivity contribution in [1.82, 2.24) is 39.9 Å². The topological polar surface area (TPSA) is 309 Å². The molecule has 8 rings (SSSR count). The quantitative estimate of drug-likeness (QED) is 0.0710. The smallest absolute Gasteiger partial charge is 0.341 e. The Morgan fingerprint density at radius 3 is 0.568 bits per heavy atom. The highest BCUT2D eigenvalue weighted by molar-refractivity contribution is 6.06. The Bertz CT molecular complexity index is 2230. The van der Waals surface area contributed by atoms with Crippen LogP contribution < -0.4 is 18.9 Å². The fourth-order valence-electron chi connectivity index (χ4n) is 3.84. The van der Waals surface area contributed by atoms with Gasteiger partial charge in [-0.05, 0) is 118 Å². The number of carbonyl (C=O) groups is 4. The van der Waals surface area contributed by atoms with E-state index in [4.69, 9.17) is 44.5 Å². The molecule has 21 nitrogen and oxygen atoms in total. The van der Waals surface area contributed by atoms with Crippen molar-refractivity contribution in [2.75, 3.05) is 26.4 Å². The summed E-state index contributed by atoms with van der Waals surface area (Å²) in [7, 11) is 13.5. The second kappa shape index (κ2) is 81.5. The zero-order valence-corrected chi connectivity index (χ0v) is 54.1. The number of carboxylic acid groups (broad SMARTS) is 1. The van der Waals surface area contributed by atoms with Gasteiger partial charge in [0, 0.05) is 49.6 Å². The largest absolute Gasteiger partial charge is 0.506 e. The Hall–Kier alpha value is -9.73. The van der Waals surface area contributed by atoms with Gasteiger partial charge < -0.3 is 44.5 Å². The molecule has 0 saturated heterocycles. The van der Waals surface area contributed by atoms with Crippen molar-refractivity contribution in [3.63, 3.8) is 0 Å². The molecule has 0 bridgehead atoms. The van der Waals surface area contributed by atoms with Crippen molar-refractivity contribution in [2.24, 2.45) is 0 Å². The fourth-order valence-corrected chi connectivity index (χ4v) is 3.84. The molecule has 6 radical (unpaired) electrons. The molecule has 0 aliphatic rings. The molecule has 0 atom stereocenters. The number of ether oxygens (including phenoxy) is 4. The van der Waals surface area contributed by atoms with Crippen LogP contribution in [0.5, 0.6) is 46.0 Å². The first-order valence-electron chi connectivity index (χ1n) is 27.6. The van der Waals surface area contributed by atoms with E-state index in [2.05, 4.69) is 63.4 Å². The molecule has 476 valence electrons. The number of ketones is 3. The Labute approximate surface area is 527 Å². The van der Waals surface area contributed by atoms with Gasteiger partial charge in [0.05, 0.1) is 73.1 Å². The minimum absolute atomic E-state index is 0.00820. The first-order chi connectivity index (χ1) is 42.7. The van der Waals surface area contributed by atoms with Gasteiger partial charge in [-0.2, -0.15) is 0 Å². The first kappa shape index (κ1) is 94.6. The van der Waals surface area contributed by atoms with Gasteiger partial charge in [-0.1, -0.05) is 89.7 Å². The second-order valence-electron chi connectivity index (χ2n) is 13.3. The number of Topliss-reactive ketones (excluding diaryl/α,β-unsaturated/α-hetero) is 3. The molecule has 0 aliphatic carbocycles. The van der Waals surface area contributed by atoms with Crippen molar-refractivity contribution in [1.29, 1.82) is 0 Å². The van der Waals surface area contributed by atoms with Gasteiger partial charge in [0.25, 0.3) is 0 Å². The minimum Gasteiger partial charge on any atom is -0.506 e. The summed E-state index contributed by atoms with van der Waals surface area (Å²) in [4.78, 5) is 71.2. The molecule has 8 aromatic heterocycles. The highest BCUT2D eigenvalue weighted by Gasteiger charge is 1.98. The van der Waals surface area contributed by atoms with Crippen LogP contribution in [0.4, 0.5) is 0 Å². The normalized spacial score (nSPS) is 7.82. The fraction of sp³-hybridized carbons (Fsp3) is 0.312. The molecular weight excluding hydrogens is 1120 g/mol. The van der Waals surface area contributed by atoms with Gasteiger partial charge in [0.2, 0.25) is 0 Å². The summed E-state index contributed by atoms with van der Waals surface area (Å²) in [5.74, 6) is 2.23. The molecule has 8 aromatic rings. The van der Waals surface area contributed by atoms with Gasteiger partial charge >= 0.3 is 5.97 Å². The van der Waals surface area contributed by atoms with Gasteiger partial charge in [-0.3, -0.25) is 54.3 Å². The average molecular weight is 1210 g/mol. The molecule has 0 aliphatic heterocycles. The van der Waals surface area contributed by atoms with Crippen LogP contribution in [0.3, 0.4) is 0 Å². The van der Waals surface area contributed by atoms with Crippen LogP contribution in [0.25, 0.3) is 0 Å². The van der Waals surface area contributed by atoms with E-state index in [1.54, 1.807) is 165 Å². The number of hydrogen-bond acceptors (Lipinski definition) is 20. The summed E-state index contributed by atoms with van der Waals surface area (Å²) in [6.07, 6.45) is 24.7. The summed E-state index contributed by atoms with van der Waals surface area (Å²) in [6, 6.07) is 26.9. The summed E-state index contributed by atoms with van der Waals surface area (Å²) >= 11 is 0. The zero-order valence-electron chi connectivity index (χ0n) is 54.1. The van der Waals surface area contributed by atoms with Crippen molar-refractivity contribution in [3.05, 3.63) is 196 Å². The van der Waals surface area contributed by atoms with Crippen molar-refractivity contribution in [3.8, 4) is 46.0 Å². The summed E-state index contributed by atoms with van der Waals surface area (Å²) in [5.41, 5.74) is 0. The first-order valence-corrected chi connectivity index (χ1v) is 27.6. The van der Waals surface area contributed by atoms with Crippen LogP contribution in [0.1, 0.15) is 90.0 Å². The lowest BCUT2D eigenvalue weighted by atomic mass is 10.2. The standard InChI is InChI=1S/3C8H9NO2.C7H7NO3.4C5H5NO.5C2H6.3CH3B/c3*1-7(10)6-11-8-3-2-4-9-5-8;9-7(10)5-11-6-2-1-3-8-4-6;4*7-5-2-1-3-6-4-5;8*1-2/h3*2-5H,6H2,1H3;1-4H,5H2,(H,9,10);4*1-4,7H;5*1-2H3;3*1H3. The Morgan fingerprint density at radius 2 is 0.466 bits per heavy atom. The Balaban J connectivity index is -0.000000135. The number of rotatable bonds is 12.